The van der Waals surface area contributed by atoms with Crippen molar-refractivity contribution in [1.29, 1.82) is 0 Å². The minimum atomic E-state index is -0.0490. The fraction of sp³-hybridized carbons (Fsp3) is 0.733. The quantitative estimate of drug-likeness (QED) is 0.896. The molecule has 102 valence electrons. The zero-order chi connectivity index (χ0) is 13.0. The molecule has 1 aromatic heterocycles. The predicted molar refractivity (Wildman–Crippen MR) is 76.1 cm³/mol. The summed E-state index contributed by atoms with van der Waals surface area (Å²) in [6.07, 6.45) is 7.53. The van der Waals surface area contributed by atoms with Gasteiger partial charge in [0.15, 0.2) is 0 Å². The Labute approximate surface area is 118 Å². The molecule has 0 saturated heterocycles. The molecule has 1 N–H and O–H groups in total. The molecule has 0 spiro atoms. The Bertz CT molecular complexity index is 487. The van der Waals surface area contributed by atoms with Crippen LogP contribution in [0.4, 0.5) is 5.00 Å². The number of nitrogens with one attached hydrogen (secondary N) is 1. The van der Waals surface area contributed by atoms with Gasteiger partial charge in [0, 0.05) is 0 Å². The van der Waals surface area contributed by atoms with Crippen LogP contribution in [0, 0.1) is 30.1 Å². The van der Waals surface area contributed by atoms with Gasteiger partial charge in [-0.1, -0.05) is 0 Å². The first kappa shape index (κ1) is 11.9. The van der Waals surface area contributed by atoms with Gasteiger partial charge in [-0.2, -0.15) is 4.37 Å². The van der Waals surface area contributed by atoms with Crippen LogP contribution in [0.5, 0.6) is 0 Å². The highest BCUT2D eigenvalue weighted by Gasteiger charge is 2.54. The molecule has 19 heavy (non-hydrogen) atoms. The third-order valence-corrected chi connectivity index (χ3v) is 6.18. The van der Waals surface area contributed by atoms with Gasteiger partial charge in [-0.15, -0.1) is 0 Å². The number of amides is 1. The van der Waals surface area contributed by atoms with E-state index in [1.54, 1.807) is 0 Å². The van der Waals surface area contributed by atoms with Gasteiger partial charge in [0.25, 0.3) is 0 Å². The van der Waals surface area contributed by atoms with E-state index in [0.717, 1.165) is 47.7 Å². The summed E-state index contributed by atoms with van der Waals surface area (Å²) in [5.41, 5.74) is 0.943. The minimum Gasteiger partial charge on any atom is -0.316 e. The van der Waals surface area contributed by atoms with Crippen molar-refractivity contribution in [2.24, 2.45) is 23.2 Å². The van der Waals surface area contributed by atoms with Gasteiger partial charge in [0.1, 0.15) is 5.00 Å². The fourth-order valence-corrected chi connectivity index (χ4v) is 5.71. The summed E-state index contributed by atoms with van der Waals surface area (Å²) in [7, 11) is 0. The Morgan fingerprint density at radius 1 is 1.26 bits per heavy atom. The molecule has 4 heteroatoms. The van der Waals surface area contributed by atoms with Gasteiger partial charge in [-0.3, -0.25) is 4.79 Å². The Morgan fingerprint density at radius 2 is 1.84 bits per heavy atom. The van der Waals surface area contributed by atoms with E-state index in [0.29, 0.717) is 0 Å². The molecule has 1 heterocycles. The van der Waals surface area contributed by atoms with Crippen LogP contribution in [0.15, 0.2) is 6.07 Å². The average Bonchev–Trinajstić information content (AvgIpc) is 2.73. The summed E-state index contributed by atoms with van der Waals surface area (Å²) in [4.78, 5) is 12.7. The van der Waals surface area contributed by atoms with E-state index in [-0.39, 0.29) is 11.3 Å². The van der Waals surface area contributed by atoms with Gasteiger partial charge in [0.05, 0.1) is 11.1 Å². The number of hydrogen-bond acceptors (Lipinski definition) is 3. The highest BCUT2D eigenvalue weighted by atomic mass is 32.1. The topological polar surface area (TPSA) is 42.0 Å². The lowest BCUT2D eigenvalue weighted by atomic mass is 9.49. The number of carbonyl (C=O) groups excluding carboxylic acids is 1. The second kappa shape index (κ2) is 4.05. The molecule has 1 amide bonds. The van der Waals surface area contributed by atoms with Crippen molar-refractivity contribution in [1.82, 2.24) is 4.37 Å². The highest BCUT2D eigenvalue weighted by Crippen LogP contribution is 2.60. The molecule has 4 saturated carbocycles. The maximum atomic E-state index is 12.7. The first-order valence-corrected chi connectivity index (χ1v) is 8.15. The number of hydrogen-bond donors (Lipinski definition) is 1. The predicted octanol–water partition coefficient (Wildman–Crippen LogP) is 3.61. The number of rotatable bonds is 2. The summed E-state index contributed by atoms with van der Waals surface area (Å²) in [6, 6.07) is 1.98. The van der Waals surface area contributed by atoms with Crippen molar-refractivity contribution in [2.75, 3.05) is 5.32 Å². The standard InChI is InChI=1S/C15H20N2OS/c1-9-2-13(19-17-9)16-14(18)15-6-10-3-11(7-15)5-12(4-10)8-15/h2,10-12H,3-8H2,1H3,(H,16,18). The van der Waals surface area contributed by atoms with Gasteiger partial charge in [-0.05, 0) is 80.8 Å². The number of aromatic nitrogens is 1. The van der Waals surface area contributed by atoms with E-state index < -0.39 is 0 Å². The zero-order valence-corrected chi connectivity index (χ0v) is 12.1. The van der Waals surface area contributed by atoms with Crippen LogP contribution in [0.2, 0.25) is 0 Å². The smallest absolute Gasteiger partial charge is 0.231 e. The van der Waals surface area contributed by atoms with Crippen molar-refractivity contribution >= 4 is 22.4 Å². The van der Waals surface area contributed by atoms with E-state index in [4.69, 9.17) is 0 Å². The van der Waals surface area contributed by atoms with E-state index in [1.807, 2.05) is 13.0 Å². The molecule has 0 aliphatic heterocycles. The van der Waals surface area contributed by atoms with Crippen molar-refractivity contribution in [3.63, 3.8) is 0 Å². The SMILES string of the molecule is Cc1cc(NC(=O)C23CC4CC(CC(C4)C2)C3)sn1. The van der Waals surface area contributed by atoms with Crippen LogP contribution >= 0.6 is 11.5 Å². The van der Waals surface area contributed by atoms with E-state index >= 15 is 0 Å². The molecule has 0 atom stereocenters. The molecule has 4 bridgehead atoms. The molecule has 0 unspecified atom stereocenters. The fourth-order valence-electron chi connectivity index (χ4n) is 5.06. The van der Waals surface area contributed by atoms with Crippen LogP contribution < -0.4 is 5.32 Å². The van der Waals surface area contributed by atoms with Crippen molar-refractivity contribution in [2.45, 2.75) is 45.4 Å². The van der Waals surface area contributed by atoms with E-state index in [1.165, 1.54) is 30.8 Å². The molecule has 4 aliphatic rings. The van der Waals surface area contributed by atoms with E-state index in [2.05, 4.69) is 9.69 Å². The monoisotopic (exact) mass is 276 g/mol. The molecule has 5 rings (SSSR count). The second-order valence-electron chi connectivity index (χ2n) is 6.98. The zero-order valence-electron chi connectivity index (χ0n) is 11.3. The molecule has 4 fully saturated rings. The second-order valence-corrected chi connectivity index (χ2v) is 7.79. The first-order valence-electron chi connectivity index (χ1n) is 7.38. The first-order chi connectivity index (χ1) is 9.13. The van der Waals surface area contributed by atoms with Crippen molar-refractivity contribution in [3.8, 4) is 0 Å². The molecule has 1 aromatic rings. The third kappa shape index (κ3) is 1.92. The average molecular weight is 276 g/mol. The van der Waals surface area contributed by atoms with Gasteiger partial charge in [0.2, 0.25) is 5.91 Å². The number of nitrogens with zero attached hydrogens (tertiary/aromatic N) is 1. The van der Waals surface area contributed by atoms with Gasteiger partial charge < -0.3 is 5.32 Å². The molecular formula is C15H20N2OS. The molecule has 3 nitrogen and oxygen atoms in total. The minimum absolute atomic E-state index is 0.0490. The van der Waals surface area contributed by atoms with Crippen LogP contribution in [-0.2, 0) is 4.79 Å². The number of anilines is 1. The highest BCUT2D eigenvalue weighted by molar-refractivity contribution is 7.10. The lowest BCUT2D eigenvalue weighted by molar-refractivity contribution is -0.140. The van der Waals surface area contributed by atoms with E-state index in [9.17, 15) is 4.79 Å². The Hall–Kier alpha value is -0.900. The normalized spacial score (nSPS) is 39.5. The lowest BCUT2D eigenvalue weighted by Crippen LogP contribution is -2.51. The number of carbonyl (C=O) groups is 1. The van der Waals surface area contributed by atoms with Crippen LogP contribution in [-0.4, -0.2) is 10.3 Å². The lowest BCUT2D eigenvalue weighted by Gasteiger charge is -2.55. The Kier molecular flexibility index (Phi) is 2.53. The van der Waals surface area contributed by atoms with Gasteiger partial charge >= 0.3 is 0 Å². The maximum Gasteiger partial charge on any atom is 0.231 e. The summed E-state index contributed by atoms with van der Waals surface area (Å²) in [5, 5.41) is 4.05. The maximum absolute atomic E-state index is 12.7. The van der Waals surface area contributed by atoms with Crippen molar-refractivity contribution in [3.05, 3.63) is 11.8 Å². The summed E-state index contributed by atoms with van der Waals surface area (Å²) >= 11 is 1.40. The van der Waals surface area contributed by atoms with Crippen molar-refractivity contribution < 1.29 is 4.79 Å². The number of aryl methyl sites for hydroxylation is 1. The Morgan fingerprint density at radius 3 is 2.32 bits per heavy atom. The molecule has 4 aliphatic carbocycles. The van der Waals surface area contributed by atoms with Crippen LogP contribution in [0.3, 0.4) is 0 Å². The summed E-state index contributed by atoms with van der Waals surface area (Å²) < 4.78 is 4.24. The van der Waals surface area contributed by atoms with Crippen LogP contribution in [0.1, 0.15) is 44.2 Å². The molecular weight excluding hydrogens is 256 g/mol. The van der Waals surface area contributed by atoms with Crippen LogP contribution in [0.25, 0.3) is 0 Å². The third-order valence-electron chi connectivity index (χ3n) is 5.38. The summed E-state index contributed by atoms with van der Waals surface area (Å²) in [6.45, 7) is 1.97. The molecule has 0 radical (unpaired) electrons. The molecule has 0 aromatic carbocycles. The van der Waals surface area contributed by atoms with Gasteiger partial charge in [-0.25, -0.2) is 0 Å². The largest absolute Gasteiger partial charge is 0.316 e. The summed E-state index contributed by atoms with van der Waals surface area (Å²) in [5.74, 6) is 2.73. The Balaban J connectivity index is 1.56.